The number of ether oxygens (including phenoxy) is 6. The molecular weight excluding hydrogens is 744 g/mol. The lowest BCUT2D eigenvalue weighted by atomic mass is 9.90. The third kappa shape index (κ3) is 8.14. The molecule has 6 rings (SSSR count). The fraction of sp³-hybridized carbons (Fsp3) is 0.368. The van der Waals surface area contributed by atoms with E-state index in [-0.39, 0.29) is 51.0 Å². The maximum atomic E-state index is 13.4. The van der Waals surface area contributed by atoms with E-state index in [4.69, 9.17) is 32.8 Å². The van der Waals surface area contributed by atoms with Gasteiger partial charge in [0, 0.05) is 29.3 Å². The van der Waals surface area contributed by atoms with E-state index in [0.29, 0.717) is 11.1 Å². The number of aliphatic hydroxyl groups is 7. The molecule has 2 aliphatic heterocycles. The van der Waals surface area contributed by atoms with Gasteiger partial charge in [-0.1, -0.05) is 0 Å². The quantitative estimate of drug-likeness (QED) is 0.0706. The smallest absolute Gasteiger partial charge is 0.330 e. The van der Waals surface area contributed by atoms with Crippen molar-refractivity contribution >= 4 is 23.0 Å². The largest absolute Gasteiger partial charge is 0.508 e. The maximum absolute atomic E-state index is 13.4. The minimum absolute atomic E-state index is 0.0317. The Bertz CT molecular complexity index is 2090. The molecule has 0 saturated carbocycles. The summed E-state index contributed by atoms with van der Waals surface area (Å²) >= 11 is 0. The Morgan fingerprint density at radius 3 is 2.05 bits per heavy atom. The number of phenolic OH excluding ortho intramolecular Hbond substituents is 2. The Kier molecular flexibility index (Phi) is 12.1. The molecule has 3 heterocycles. The van der Waals surface area contributed by atoms with Crippen molar-refractivity contribution in [2.75, 3.05) is 27.4 Å². The van der Waals surface area contributed by atoms with E-state index in [1.165, 1.54) is 74.9 Å². The van der Waals surface area contributed by atoms with E-state index in [2.05, 4.69) is 0 Å². The number of phenols is 2. The van der Waals surface area contributed by atoms with Crippen LogP contribution in [0.15, 0.2) is 69.9 Å². The molecule has 3 aromatic carbocycles. The van der Waals surface area contributed by atoms with Crippen LogP contribution in [0.4, 0.5) is 0 Å². The van der Waals surface area contributed by atoms with Crippen molar-refractivity contribution in [1.82, 2.24) is 0 Å². The molecule has 10 atom stereocenters. The van der Waals surface area contributed by atoms with Crippen LogP contribution >= 0.6 is 0 Å². The first-order valence-corrected chi connectivity index (χ1v) is 17.1. The summed E-state index contributed by atoms with van der Waals surface area (Å²) in [6, 6.07) is 12.2. The van der Waals surface area contributed by atoms with E-state index in [0.717, 1.165) is 6.08 Å². The molecule has 1 aromatic heterocycles. The summed E-state index contributed by atoms with van der Waals surface area (Å²) in [6.45, 7) is -1.43. The van der Waals surface area contributed by atoms with Crippen molar-refractivity contribution in [2.24, 2.45) is 0 Å². The zero-order valence-corrected chi connectivity index (χ0v) is 29.7. The predicted molar refractivity (Wildman–Crippen MR) is 191 cm³/mol. The maximum Gasteiger partial charge on any atom is 0.330 e. The summed E-state index contributed by atoms with van der Waals surface area (Å²) in [6.07, 6.45) is -14.9. The van der Waals surface area contributed by atoms with Crippen LogP contribution in [0.3, 0.4) is 0 Å². The molecule has 300 valence electrons. The number of esters is 1. The average Bonchev–Trinajstić information content (AvgIpc) is 3.19. The van der Waals surface area contributed by atoms with Gasteiger partial charge in [-0.05, 0) is 54.1 Å². The number of methoxy groups -OCH3 is 2. The van der Waals surface area contributed by atoms with Crippen LogP contribution in [0, 0.1) is 0 Å². The van der Waals surface area contributed by atoms with Crippen LogP contribution in [-0.4, -0.2) is 134 Å². The van der Waals surface area contributed by atoms with E-state index in [1.807, 2.05) is 0 Å². The summed E-state index contributed by atoms with van der Waals surface area (Å²) in [5.74, 6) is -1.24. The normalized spacial score (nSPS) is 27.9. The number of hydrogen-bond acceptors (Lipinski definition) is 18. The summed E-state index contributed by atoms with van der Waals surface area (Å²) in [4.78, 5) is 26.1. The molecule has 56 heavy (non-hydrogen) atoms. The van der Waals surface area contributed by atoms with Gasteiger partial charge in [-0.15, -0.1) is 0 Å². The molecule has 2 fully saturated rings. The zero-order valence-electron chi connectivity index (χ0n) is 29.7. The Hall–Kier alpha value is -5.28. The van der Waals surface area contributed by atoms with Crippen LogP contribution in [0.5, 0.6) is 28.7 Å². The molecule has 0 unspecified atom stereocenters. The number of benzene rings is 3. The standard InChI is InChI=1S/C38H40O18/c1-50-25-9-16(10-26(51-2)30(25)43)3-8-29(42)52-15-28-32(45)34(47)36(49)38(56-28)55-24-13-23-19(21(41)12-22(53-23)17-4-6-18(40)7-5-17)11-20(24)37-35(48)33(46)31(44)27(14-39)54-37/h3-13,27-28,31-40,43-49H,14-15H2,1-2H3/b8-3+/t27-,28-,31-,32-,33+,34+,35-,36-,37+,38-/m1/s1. The molecule has 9 N–H and O–H groups in total. The van der Waals surface area contributed by atoms with Crippen LogP contribution in [0.1, 0.15) is 17.2 Å². The van der Waals surface area contributed by atoms with Crippen molar-refractivity contribution in [3.8, 4) is 40.1 Å². The van der Waals surface area contributed by atoms with E-state index in [1.54, 1.807) is 0 Å². The second-order valence-electron chi connectivity index (χ2n) is 13.0. The second-order valence-corrected chi connectivity index (χ2v) is 13.0. The Labute approximate surface area is 317 Å². The summed E-state index contributed by atoms with van der Waals surface area (Å²) < 4.78 is 39.0. The van der Waals surface area contributed by atoms with Gasteiger partial charge < -0.3 is 78.8 Å². The second kappa shape index (κ2) is 16.8. The van der Waals surface area contributed by atoms with E-state index >= 15 is 0 Å². The van der Waals surface area contributed by atoms with Gasteiger partial charge in [-0.3, -0.25) is 4.79 Å². The van der Waals surface area contributed by atoms with Crippen molar-refractivity contribution in [3.05, 3.63) is 82.0 Å². The zero-order chi connectivity index (χ0) is 40.4. The first kappa shape index (κ1) is 40.4. The van der Waals surface area contributed by atoms with Crippen molar-refractivity contribution in [3.63, 3.8) is 0 Å². The van der Waals surface area contributed by atoms with Crippen molar-refractivity contribution in [2.45, 2.75) is 61.2 Å². The highest BCUT2D eigenvalue weighted by atomic mass is 16.7. The molecular formula is C38H40O18. The highest BCUT2D eigenvalue weighted by molar-refractivity contribution is 5.87. The highest BCUT2D eigenvalue weighted by Crippen LogP contribution is 2.41. The van der Waals surface area contributed by atoms with Crippen LogP contribution in [0.2, 0.25) is 0 Å². The van der Waals surface area contributed by atoms with Crippen molar-refractivity contribution in [1.29, 1.82) is 0 Å². The number of aromatic hydroxyl groups is 2. The van der Waals surface area contributed by atoms with Gasteiger partial charge in [0.25, 0.3) is 0 Å². The minimum Gasteiger partial charge on any atom is -0.508 e. The minimum atomic E-state index is -1.94. The van der Waals surface area contributed by atoms with Crippen molar-refractivity contribution < 1.29 is 83.6 Å². The van der Waals surface area contributed by atoms with Crippen LogP contribution < -0.4 is 19.6 Å². The number of carbonyl (C=O) groups is 1. The number of aliphatic hydroxyl groups excluding tert-OH is 7. The Morgan fingerprint density at radius 2 is 1.41 bits per heavy atom. The van der Waals surface area contributed by atoms with Gasteiger partial charge in [0.1, 0.15) is 84.4 Å². The number of hydrogen-bond donors (Lipinski definition) is 9. The third-order valence-corrected chi connectivity index (χ3v) is 9.43. The van der Waals surface area contributed by atoms with Crippen LogP contribution in [0.25, 0.3) is 28.4 Å². The Morgan fingerprint density at radius 1 is 0.768 bits per heavy atom. The van der Waals surface area contributed by atoms with E-state index < -0.39 is 85.8 Å². The number of rotatable bonds is 11. The van der Waals surface area contributed by atoms with Gasteiger partial charge in [0.2, 0.25) is 12.0 Å². The summed E-state index contributed by atoms with van der Waals surface area (Å²) in [5.41, 5.74) is 0.0204. The summed E-state index contributed by atoms with van der Waals surface area (Å²) in [5, 5.41) is 94.1. The predicted octanol–water partition coefficient (Wildman–Crippen LogP) is -0.154. The molecule has 18 nitrogen and oxygen atoms in total. The molecule has 0 spiro atoms. The molecule has 2 aliphatic rings. The number of fused-ring (bicyclic) bond motifs is 1. The first-order chi connectivity index (χ1) is 26.7. The molecule has 4 aromatic rings. The first-order valence-electron chi connectivity index (χ1n) is 17.1. The highest BCUT2D eigenvalue weighted by Gasteiger charge is 2.48. The molecule has 2 saturated heterocycles. The van der Waals surface area contributed by atoms with Gasteiger partial charge in [0.05, 0.1) is 26.2 Å². The van der Waals surface area contributed by atoms with Gasteiger partial charge >= 0.3 is 5.97 Å². The summed E-state index contributed by atoms with van der Waals surface area (Å²) in [7, 11) is 2.66. The fourth-order valence-corrected chi connectivity index (χ4v) is 6.31. The molecule has 18 heteroatoms. The molecule has 0 amide bonds. The van der Waals surface area contributed by atoms with E-state index in [9.17, 15) is 55.5 Å². The lowest BCUT2D eigenvalue weighted by Gasteiger charge is -2.42. The third-order valence-electron chi connectivity index (χ3n) is 9.43. The monoisotopic (exact) mass is 784 g/mol. The SMILES string of the molecule is COc1cc(/C=C/C(=O)OC[C@H]2O[C@@H](Oc3cc4oc(-c5ccc(O)cc5)cc(=O)c4cc3[C@@H]3O[C@H](CO)[C@@H](O)[C@H](O)[C@H]3O)[C@H](O)[C@@H](O)[C@@H]2O)cc(OC)c1O. The lowest BCUT2D eigenvalue weighted by Crippen LogP contribution is -2.60. The number of carbonyl (C=O) groups excluding carboxylic acids is 1. The molecule has 0 radical (unpaired) electrons. The van der Waals surface area contributed by atoms with Gasteiger partial charge in [0.15, 0.2) is 16.9 Å². The van der Waals surface area contributed by atoms with Crippen LogP contribution in [-0.2, 0) is 19.0 Å². The molecule has 0 aliphatic carbocycles. The topological polar surface area (TPSA) is 285 Å². The Balaban J connectivity index is 1.30. The molecule has 0 bridgehead atoms. The fourth-order valence-electron chi connectivity index (χ4n) is 6.31. The lowest BCUT2D eigenvalue weighted by molar-refractivity contribution is -0.279. The van der Waals surface area contributed by atoms with Gasteiger partial charge in [-0.2, -0.15) is 0 Å². The average molecular weight is 785 g/mol. The van der Waals surface area contributed by atoms with Gasteiger partial charge in [-0.25, -0.2) is 4.79 Å².